The van der Waals surface area contributed by atoms with Gasteiger partial charge in [-0.15, -0.1) is 0 Å². The molecule has 0 radical (unpaired) electrons. The molecular weight excluding hydrogens is 260 g/mol. The summed E-state index contributed by atoms with van der Waals surface area (Å²) in [5.41, 5.74) is 0.574. The number of rotatable bonds is 2. The van der Waals surface area contributed by atoms with Gasteiger partial charge in [0.15, 0.2) is 5.84 Å². The van der Waals surface area contributed by atoms with Crippen LogP contribution in [0.2, 0.25) is 0 Å². The number of pyridine rings is 1. The van der Waals surface area contributed by atoms with E-state index in [1.54, 1.807) is 22.6 Å². The summed E-state index contributed by atoms with van der Waals surface area (Å²) >= 11 is 7.12. The second-order valence-corrected chi connectivity index (χ2v) is 4.81. The maximum atomic E-state index is 9.76. The lowest BCUT2D eigenvalue weighted by atomic mass is 10.2. The molecule has 1 atom stereocenters. The molecule has 90 valence electrons. The minimum atomic E-state index is -1.75. The lowest BCUT2D eigenvalue weighted by Gasteiger charge is -2.32. The predicted octanol–water partition coefficient (Wildman–Crippen LogP) is 1.67. The highest BCUT2D eigenvalue weighted by molar-refractivity contribution is 7.97. The molecule has 7 heteroatoms. The first-order valence-electron chi connectivity index (χ1n) is 4.88. The van der Waals surface area contributed by atoms with E-state index < -0.39 is 5.18 Å². The van der Waals surface area contributed by atoms with Gasteiger partial charge in [0, 0.05) is 12.5 Å². The molecule has 2 N–H and O–H groups in total. The molecule has 1 aromatic heterocycles. The van der Waals surface area contributed by atoms with Gasteiger partial charge in [-0.25, -0.2) is 4.99 Å². The van der Waals surface area contributed by atoms with Crippen molar-refractivity contribution in [3.63, 3.8) is 0 Å². The zero-order chi connectivity index (χ0) is 12.5. The Kier molecular flexibility index (Phi) is 3.37. The van der Waals surface area contributed by atoms with Crippen LogP contribution in [0.3, 0.4) is 0 Å². The van der Waals surface area contributed by atoms with Gasteiger partial charge in [0.25, 0.3) is 0 Å². The zero-order valence-corrected chi connectivity index (χ0v) is 10.7. The minimum absolute atomic E-state index is 0.0221. The van der Waals surface area contributed by atoms with Gasteiger partial charge in [-0.05, 0) is 24.1 Å². The maximum absolute atomic E-state index is 9.76. The number of aromatic nitrogens is 1. The molecule has 0 aromatic carbocycles. The number of aliphatic hydroxyl groups is 1. The summed E-state index contributed by atoms with van der Waals surface area (Å²) in [4.78, 5) is 8.17. The van der Waals surface area contributed by atoms with E-state index in [-0.39, 0.29) is 12.3 Å². The number of hydrogen-bond acceptors (Lipinski definition) is 5. The third-order valence-corrected chi connectivity index (χ3v) is 3.16. The molecule has 5 nitrogen and oxygen atoms in total. The van der Waals surface area contributed by atoms with Crippen molar-refractivity contribution in [1.29, 1.82) is 5.41 Å². The molecule has 2 rings (SSSR count). The standard InChI is InChI=1S/C10H11ClN4OS/c1-17-15-8(12)6-10(11,16)14-9(15)7-4-2-3-5-13-7/h2-5,12,16H,6H2,1H3. The smallest absolute Gasteiger partial charge is 0.243 e. The van der Waals surface area contributed by atoms with Crippen LogP contribution in [-0.4, -0.2) is 37.5 Å². The van der Waals surface area contributed by atoms with Crippen LogP contribution in [0.1, 0.15) is 12.1 Å². The molecule has 2 heterocycles. The Hall–Kier alpha value is -1.11. The number of alkyl halides is 1. The maximum Gasteiger partial charge on any atom is 0.243 e. The van der Waals surface area contributed by atoms with Gasteiger partial charge in [0.1, 0.15) is 11.5 Å². The van der Waals surface area contributed by atoms with Crippen molar-refractivity contribution in [2.75, 3.05) is 6.26 Å². The van der Waals surface area contributed by atoms with Gasteiger partial charge in [0.05, 0.1) is 6.42 Å². The van der Waals surface area contributed by atoms with Crippen LogP contribution in [0.15, 0.2) is 29.4 Å². The lowest BCUT2D eigenvalue weighted by molar-refractivity contribution is 0.141. The molecule has 1 aliphatic heterocycles. The Bertz CT molecular complexity index is 463. The van der Waals surface area contributed by atoms with Crippen LogP contribution in [0.4, 0.5) is 0 Å². The van der Waals surface area contributed by atoms with Crippen molar-refractivity contribution in [1.82, 2.24) is 9.29 Å². The fraction of sp³-hybridized carbons (Fsp3) is 0.300. The average molecular weight is 271 g/mol. The summed E-state index contributed by atoms with van der Waals surface area (Å²) in [6.07, 6.45) is 3.43. The Morgan fingerprint density at radius 3 is 2.94 bits per heavy atom. The molecule has 17 heavy (non-hydrogen) atoms. The van der Waals surface area contributed by atoms with E-state index in [9.17, 15) is 5.11 Å². The summed E-state index contributed by atoms with van der Waals surface area (Å²) in [5, 5.41) is 15.8. The second-order valence-electron chi connectivity index (χ2n) is 3.47. The molecular formula is C10H11ClN4OS. The normalized spacial score (nSPS) is 24.8. The van der Waals surface area contributed by atoms with Crippen LogP contribution in [0.5, 0.6) is 0 Å². The van der Waals surface area contributed by atoms with Crippen LogP contribution < -0.4 is 0 Å². The monoisotopic (exact) mass is 270 g/mol. The number of halogens is 1. The molecule has 0 saturated heterocycles. The largest absolute Gasteiger partial charge is 0.357 e. The highest BCUT2D eigenvalue weighted by atomic mass is 35.5. The summed E-state index contributed by atoms with van der Waals surface area (Å²) in [6.45, 7) is 0. The lowest BCUT2D eigenvalue weighted by Crippen LogP contribution is -2.42. The highest BCUT2D eigenvalue weighted by Gasteiger charge is 2.35. The quantitative estimate of drug-likeness (QED) is 0.487. The van der Waals surface area contributed by atoms with Crippen molar-refractivity contribution < 1.29 is 5.11 Å². The number of aliphatic imine (C=N–C) groups is 1. The summed E-state index contributed by atoms with van der Waals surface area (Å²) in [6, 6.07) is 5.36. The van der Waals surface area contributed by atoms with Crippen molar-refractivity contribution >= 4 is 35.2 Å². The van der Waals surface area contributed by atoms with Gasteiger partial charge in [-0.1, -0.05) is 17.7 Å². The van der Waals surface area contributed by atoms with Gasteiger partial charge >= 0.3 is 0 Å². The molecule has 0 aliphatic carbocycles. The van der Waals surface area contributed by atoms with Gasteiger partial charge in [-0.3, -0.25) is 14.7 Å². The third-order valence-electron chi connectivity index (χ3n) is 2.18. The summed E-state index contributed by atoms with van der Waals surface area (Å²) in [5.74, 6) is 0.595. The Morgan fingerprint density at radius 1 is 1.59 bits per heavy atom. The Balaban J connectivity index is 2.48. The van der Waals surface area contributed by atoms with Crippen molar-refractivity contribution in [3.8, 4) is 0 Å². The minimum Gasteiger partial charge on any atom is -0.357 e. The Morgan fingerprint density at radius 2 is 2.35 bits per heavy atom. The molecule has 0 bridgehead atoms. The number of hydrogen-bond donors (Lipinski definition) is 2. The number of nitrogens with one attached hydrogen (secondary N) is 1. The average Bonchev–Trinajstić information content (AvgIpc) is 2.28. The van der Waals surface area contributed by atoms with E-state index in [0.29, 0.717) is 11.5 Å². The molecule has 0 fully saturated rings. The number of nitrogens with zero attached hydrogens (tertiary/aromatic N) is 3. The van der Waals surface area contributed by atoms with Crippen molar-refractivity contribution in [3.05, 3.63) is 30.1 Å². The molecule has 1 aromatic rings. The fourth-order valence-electron chi connectivity index (χ4n) is 1.51. The van der Waals surface area contributed by atoms with Crippen molar-refractivity contribution in [2.24, 2.45) is 4.99 Å². The first kappa shape index (κ1) is 12.3. The Labute approximate surface area is 108 Å². The van der Waals surface area contributed by atoms with E-state index in [1.807, 2.05) is 12.3 Å². The van der Waals surface area contributed by atoms with Gasteiger partial charge in [-0.2, -0.15) is 0 Å². The molecule has 1 aliphatic rings. The molecule has 0 amide bonds. The van der Waals surface area contributed by atoms with E-state index in [0.717, 1.165) is 0 Å². The molecule has 0 spiro atoms. The van der Waals surface area contributed by atoms with E-state index in [2.05, 4.69) is 9.98 Å². The van der Waals surface area contributed by atoms with Crippen molar-refractivity contribution in [2.45, 2.75) is 11.6 Å². The van der Waals surface area contributed by atoms with Crippen LogP contribution in [0, 0.1) is 5.41 Å². The summed E-state index contributed by atoms with van der Waals surface area (Å²) < 4.78 is 1.60. The third kappa shape index (κ3) is 2.59. The predicted molar refractivity (Wildman–Crippen MR) is 69.3 cm³/mol. The second kappa shape index (κ2) is 4.64. The van der Waals surface area contributed by atoms with Crippen LogP contribution in [0.25, 0.3) is 0 Å². The zero-order valence-electron chi connectivity index (χ0n) is 9.09. The van der Waals surface area contributed by atoms with Gasteiger partial charge < -0.3 is 5.11 Å². The first-order chi connectivity index (χ1) is 8.03. The SMILES string of the molecule is CSN1C(=N)CC(O)(Cl)N=C1c1ccccn1. The number of amidine groups is 2. The van der Waals surface area contributed by atoms with Gasteiger partial charge in [0.2, 0.25) is 5.18 Å². The molecule has 1 unspecified atom stereocenters. The van der Waals surface area contributed by atoms with E-state index in [1.165, 1.54) is 11.9 Å². The summed E-state index contributed by atoms with van der Waals surface area (Å²) in [7, 11) is 0. The molecule has 0 saturated carbocycles. The first-order valence-corrected chi connectivity index (χ1v) is 6.44. The topological polar surface area (TPSA) is 72.6 Å². The van der Waals surface area contributed by atoms with E-state index in [4.69, 9.17) is 17.0 Å². The highest BCUT2D eigenvalue weighted by Crippen LogP contribution is 2.29. The van der Waals surface area contributed by atoms with Crippen LogP contribution in [-0.2, 0) is 0 Å². The van der Waals surface area contributed by atoms with E-state index >= 15 is 0 Å². The fourth-order valence-corrected chi connectivity index (χ4v) is 2.31. The van der Waals surface area contributed by atoms with Crippen LogP contribution >= 0.6 is 23.5 Å².